The number of nitrogen functional groups attached to an aromatic ring is 1. The molecule has 0 atom stereocenters. The van der Waals surface area contributed by atoms with Crippen molar-refractivity contribution in [3.63, 3.8) is 0 Å². The van der Waals surface area contributed by atoms with E-state index in [0.29, 0.717) is 32.0 Å². The molecule has 0 radical (unpaired) electrons. The van der Waals surface area contributed by atoms with Gasteiger partial charge in [0, 0.05) is 19.2 Å². The molecule has 0 unspecified atom stereocenters. The van der Waals surface area contributed by atoms with Gasteiger partial charge in [-0.25, -0.2) is 8.78 Å². The highest BCUT2D eigenvalue weighted by molar-refractivity contribution is 5.95. The van der Waals surface area contributed by atoms with E-state index in [1.54, 1.807) is 0 Å². The summed E-state index contributed by atoms with van der Waals surface area (Å²) in [5, 5.41) is 0. The van der Waals surface area contributed by atoms with Crippen molar-refractivity contribution < 1.29 is 23.1 Å². The van der Waals surface area contributed by atoms with Crippen LogP contribution in [0.4, 0.5) is 14.5 Å². The summed E-state index contributed by atoms with van der Waals surface area (Å²) in [6.45, 7) is 0.630. The van der Waals surface area contributed by atoms with Crippen molar-refractivity contribution in [2.45, 2.75) is 12.8 Å². The third-order valence-electron chi connectivity index (χ3n) is 3.63. The first-order valence-electron chi connectivity index (χ1n) is 6.55. The van der Waals surface area contributed by atoms with Crippen LogP contribution in [0.1, 0.15) is 23.2 Å². The fourth-order valence-electron chi connectivity index (χ4n) is 2.38. The Morgan fingerprint density at radius 2 is 1.86 bits per heavy atom. The van der Waals surface area contributed by atoms with Crippen LogP contribution in [0.5, 0.6) is 0 Å². The van der Waals surface area contributed by atoms with Gasteiger partial charge >= 0.3 is 5.97 Å². The van der Waals surface area contributed by atoms with E-state index in [9.17, 15) is 18.4 Å². The van der Waals surface area contributed by atoms with Gasteiger partial charge in [0.1, 0.15) is 11.6 Å². The molecule has 21 heavy (non-hydrogen) atoms. The number of hydrogen-bond donors (Lipinski definition) is 1. The van der Waals surface area contributed by atoms with E-state index in [2.05, 4.69) is 4.74 Å². The number of rotatable bonds is 2. The SMILES string of the molecule is COC(=O)C1CCN(C(=O)c2cc(N)c(F)cc2F)CC1. The molecule has 0 aliphatic carbocycles. The summed E-state index contributed by atoms with van der Waals surface area (Å²) in [6.07, 6.45) is 0.910. The summed E-state index contributed by atoms with van der Waals surface area (Å²) in [6, 6.07) is 1.60. The molecule has 1 aliphatic rings. The minimum Gasteiger partial charge on any atom is -0.469 e. The summed E-state index contributed by atoms with van der Waals surface area (Å²) in [4.78, 5) is 25.1. The molecule has 0 bridgehead atoms. The second kappa shape index (κ2) is 6.07. The van der Waals surface area contributed by atoms with Crippen molar-refractivity contribution >= 4 is 17.6 Å². The van der Waals surface area contributed by atoms with Crippen LogP contribution in [0.25, 0.3) is 0 Å². The Kier molecular flexibility index (Phi) is 4.40. The Balaban J connectivity index is 2.09. The number of carbonyl (C=O) groups excluding carboxylic acids is 2. The normalized spacial score (nSPS) is 15.9. The summed E-state index contributed by atoms with van der Waals surface area (Å²) < 4.78 is 31.4. The van der Waals surface area contributed by atoms with Crippen molar-refractivity contribution in [2.24, 2.45) is 5.92 Å². The summed E-state index contributed by atoms with van der Waals surface area (Å²) in [5.74, 6) is -2.95. The number of anilines is 1. The number of carbonyl (C=O) groups is 2. The second-order valence-electron chi connectivity index (χ2n) is 4.94. The number of halogens is 2. The van der Waals surface area contributed by atoms with Gasteiger partial charge in [-0.15, -0.1) is 0 Å². The van der Waals surface area contributed by atoms with Gasteiger partial charge < -0.3 is 15.4 Å². The highest BCUT2D eigenvalue weighted by atomic mass is 19.1. The maximum atomic E-state index is 13.7. The van der Waals surface area contributed by atoms with E-state index in [4.69, 9.17) is 5.73 Å². The topological polar surface area (TPSA) is 72.6 Å². The van der Waals surface area contributed by atoms with Crippen molar-refractivity contribution in [1.82, 2.24) is 4.90 Å². The first-order valence-corrected chi connectivity index (χ1v) is 6.55. The molecule has 5 nitrogen and oxygen atoms in total. The number of methoxy groups -OCH3 is 1. The number of likely N-dealkylation sites (tertiary alicyclic amines) is 1. The minimum atomic E-state index is -0.943. The third-order valence-corrected chi connectivity index (χ3v) is 3.63. The van der Waals surface area contributed by atoms with Crippen LogP contribution in [-0.2, 0) is 9.53 Å². The first-order chi connectivity index (χ1) is 9.93. The Morgan fingerprint density at radius 3 is 2.43 bits per heavy atom. The smallest absolute Gasteiger partial charge is 0.308 e. The van der Waals surface area contributed by atoms with E-state index in [1.807, 2.05) is 0 Å². The van der Waals surface area contributed by atoms with Crippen molar-refractivity contribution in [1.29, 1.82) is 0 Å². The van der Waals surface area contributed by atoms with Crippen LogP contribution in [0.15, 0.2) is 12.1 Å². The number of hydrogen-bond acceptors (Lipinski definition) is 4. The lowest BCUT2D eigenvalue weighted by molar-refractivity contribution is -0.146. The van der Waals surface area contributed by atoms with Gasteiger partial charge in [-0.2, -0.15) is 0 Å². The predicted octanol–water partition coefficient (Wildman–Crippen LogP) is 1.57. The zero-order chi connectivity index (χ0) is 15.6. The van der Waals surface area contributed by atoms with Gasteiger partial charge in [0.2, 0.25) is 0 Å². The molecule has 2 rings (SSSR count). The lowest BCUT2D eigenvalue weighted by Crippen LogP contribution is -2.40. The molecule has 7 heteroatoms. The predicted molar refractivity (Wildman–Crippen MR) is 71.4 cm³/mol. The van der Waals surface area contributed by atoms with Crippen molar-refractivity contribution in [2.75, 3.05) is 25.9 Å². The zero-order valence-corrected chi connectivity index (χ0v) is 11.6. The molecule has 1 aromatic rings. The zero-order valence-electron chi connectivity index (χ0n) is 11.6. The largest absolute Gasteiger partial charge is 0.469 e. The van der Waals surface area contributed by atoms with E-state index >= 15 is 0 Å². The fourth-order valence-corrected chi connectivity index (χ4v) is 2.38. The molecular formula is C14H16F2N2O3. The molecule has 1 aliphatic heterocycles. The van der Waals surface area contributed by atoms with E-state index in [0.717, 1.165) is 6.07 Å². The Morgan fingerprint density at radius 1 is 1.24 bits per heavy atom. The standard InChI is InChI=1S/C14H16F2N2O3/c1-21-14(20)8-2-4-18(5-3-8)13(19)9-6-12(17)11(16)7-10(9)15/h6-8H,2-5,17H2,1H3. The Bertz CT molecular complexity index is 570. The first kappa shape index (κ1) is 15.2. The maximum absolute atomic E-state index is 13.7. The molecule has 1 heterocycles. The van der Waals surface area contributed by atoms with Gasteiger partial charge in [0.05, 0.1) is 24.3 Å². The van der Waals surface area contributed by atoms with Crippen LogP contribution in [0, 0.1) is 17.6 Å². The minimum absolute atomic E-state index is 0.248. The molecule has 114 valence electrons. The lowest BCUT2D eigenvalue weighted by Gasteiger charge is -2.30. The number of piperidine rings is 1. The van der Waals surface area contributed by atoms with Crippen molar-refractivity contribution in [3.05, 3.63) is 29.3 Å². The Labute approximate surface area is 120 Å². The highest BCUT2D eigenvalue weighted by Crippen LogP contribution is 2.23. The van der Waals surface area contributed by atoms with Crippen LogP contribution >= 0.6 is 0 Å². The van der Waals surface area contributed by atoms with Gasteiger partial charge in [0.15, 0.2) is 0 Å². The molecular weight excluding hydrogens is 282 g/mol. The average Bonchev–Trinajstić information content (AvgIpc) is 2.49. The van der Waals surface area contributed by atoms with E-state index < -0.39 is 17.5 Å². The molecule has 1 fully saturated rings. The number of nitrogens with zero attached hydrogens (tertiary/aromatic N) is 1. The van der Waals surface area contributed by atoms with Crippen LogP contribution < -0.4 is 5.73 Å². The molecule has 1 saturated heterocycles. The molecule has 0 spiro atoms. The number of nitrogens with two attached hydrogens (primary N) is 1. The van der Waals surface area contributed by atoms with E-state index in [-0.39, 0.29) is 23.1 Å². The third kappa shape index (κ3) is 3.12. The molecule has 0 saturated carbocycles. The molecule has 1 aromatic carbocycles. The van der Waals surface area contributed by atoms with Gasteiger partial charge in [-0.05, 0) is 18.9 Å². The highest BCUT2D eigenvalue weighted by Gasteiger charge is 2.29. The lowest BCUT2D eigenvalue weighted by atomic mass is 9.96. The second-order valence-corrected chi connectivity index (χ2v) is 4.94. The summed E-state index contributed by atoms with van der Waals surface area (Å²) >= 11 is 0. The summed E-state index contributed by atoms with van der Waals surface area (Å²) in [7, 11) is 1.32. The van der Waals surface area contributed by atoms with Crippen molar-refractivity contribution in [3.8, 4) is 0 Å². The van der Waals surface area contributed by atoms with E-state index in [1.165, 1.54) is 12.0 Å². The van der Waals surface area contributed by atoms with Gasteiger partial charge in [-0.1, -0.05) is 0 Å². The number of esters is 1. The van der Waals surface area contributed by atoms with Crippen LogP contribution in [0.3, 0.4) is 0 Å². The quantitative estimate of drug-likeness (QED) is 0.664. The van der Waals surface area contributed by atoms with Crippen LogP contribution in [-0.4, -0.2) is 37.0 Å². The van der Waals surface area contributed by atoms with Crippen LogP contribution in [0.2, 0.25) is 0 Å². The fraction of sp³-hybridized carbons (Fsp3) is 0.429. The molecule has 1 amide bonds. The van der Waals surface area contributed by atoms with Gasteiger partial charge in [-0.3, -0.25) is 9.59 Å². The molecule has 0 aromatic heterocycles. The van der Waals surface area contributed by atoms with Gasteiger partial charge in [0.25, 0.3) is 5.91 Å². The number of ether oxygens (including phenoxy) is 1. The summed E-state index contributed by atoms with van der Waals surface area (Å²) in [5.41, 5.74) is 4.83. The Hall–Kier alpha value is -2.18. The number of benzene rings is 1. The molecule has 2 N–H and O–H groups in total. The maximum Gasteiger partial charge on any atom is 0.308 e. The monoisotopic (exact) mass is 298 g/mol. The average molecular weight is 298 g/mol. The number of amides is 1.